The molecule has 1 aromatic heterocycles. The molecule has 5 heteroatoms. The fraction of sp³-hybridized carbons (Fsp3) is 0.750. The lowest BCUT2D eigenvalue weighted by molar-refractivity contribution is 0.0626. The van der Waals surface area contributed by atoms with Crippen LogP contribution in [0.3, 0.4) is 0 Å². The molecule has 0 spiro atoms. The molecule has 0 aromatic carbocycles. The van der Waals surface area contributed by atoms with E-state index in [9.17, 15) is 4.79 Å². The molecule has 0 aliphatic carbocycles. The summed E-state index contributed by atoms with van der Waals surface area (Å²) in [5, 5.41) is 0. The molecule has 1 amide bonds. The van der Waals surface area contributed by atoms with Crippen LogP contribution in [-0.4, -0.2) is 42.6 Å². The number of piperidine rings is 1. The number of methoxy groups -OCH3 is 1. The van der Waals surface area contributed by atoms with Crippen LogP contribution in [0.25, 0.3) is 0 Å². The molecule has 21 heavy (non-hydrogen) atoms. The highest BCUT2D eigenvalue weighted by atomic mass is 16.5. The minimum absolute atomic E-state index is 0.00357. The van der Waals surface area contributed by atoms with Gasteiger partial charge in [0.1, 0.15) is 0 Å². The van der Waals surface area contributed by atoms with Crippen LogP contribution in [0.5, 0.6) is 0 Å². The molecule has 2 heterocycles. The van der Waals surface area contributed by atoms with Gasteiger partial charge in [-0.1, -0.05) is 6.92 Å². The summed E-state index contributed by atoms with van der Waals surface area (Å²) in [7, 11) is 1.73. The zero-order valence-corrected chi connectivity index (χ0v) is 13.4. The average molecular weight is 294 g/mol. The van der Waals surface area contributed by atoms with Crippen LogP contribution in [0.1, 0.15) is 54.7 Å². The second kappa shape index (κ2) is 7.59. The number of nitrogens with zero attached hydrogens (tertiary/aromatic N) is 2. The number of amides is 1. The maximum Gasteiger partial charge on any atom is 0.291 e. The van der Waals surface area contributed by atoms with E-state index in [2.05, 4.69) is 4.98 Å². The first-order chi connectivity index (χ1) is 10.2. The highest BCUT2D eigenvalue weighted by molar-refractivity contribution is 5.92. The second-order valence-electron chi connectivity index (χ2n) is 5.77. The van der Waals surface area contributed by atoms with Gasteiger partial charge in [0.15, 0.2) is 5.89 Å². The number of hydrogen-bond acceptors (Lipinski definition) is 4. The molecule has 5 nitrogen and oxygen atoms in total. The maximum atomic E-state index is 12.6. The summed E-state index contributed by atoms with van der Waals surface area (Å²) in [6.07, 6.45) is 5.16. The lowest BCUT2D eigenvalue weighted by atomic mass is 9.93. The van der Waals surface area contributed by atoms with E-state index in [1.165, 1.54) is 6.42 Å². The van der Waals surface area contributed by atoms with Gasteiger partial charge in [0.25, 0.3) is 5.91 Å². The molecular weight excluding hydrogens is 268 g/mol. The number of likely N-dealkylation sites (tertiary alicyclic amines) is 1. The Balaban J connectivity index is 1.96. The first-order valence-corrected chi connectivity index (χ1v) is 7.90. The van der Waals surface area contributed by atoms with Crippen molar-refractivity contribution < 1.29 is 13.9 Å². The van der Waals surface area contributed by atoms with Gasteiger partial charge < -0.3 is 14.1 Å². The third-order valence-electron chi connectivity index (χ3n) is 4.10. The van der Waals surface area contributed by atoms with E-state index in [4.69, 9.17) is 9.15 Å². The Kier molecular flexibility index (Phi) is 5.79. The van der Waals surface area contributed by atoms with Crippen LogP contribution in [0.4, 0.5) is 0 Å². The van der Waals surface area contributed by atoms with Crippen molar-refractivity contribution in [2.24, 2.45) is 5.92 Å². The Morgan fingerprint density at radius 1 is 1.52 bits per heavy atom. The van der Waals surface area contributed by atoms with E-state index < -0.39 is 0 Å². The first-order valence-electron chi connectivity index (χ1n) is 7.90. The maximum absolute atomic E-state index is 12.6. The SMILES string of the molecule is CCc1nc(C)c(C(=O)N2CCCC(CCCOC)C2)o1. The normalized spacial score (nSPS) is 19.0. The highest BCUT2D eigenvalue weighted by Gasteiger charge is 2.27. The van der Waals surface area contributed by atoms with Gasteiger partial charge in [-0.15, -0.1) is 0 Å². The Hall–Kier alpha value is -1.36. The van der Waals surface area contributed by atoms with Crippen LogP contribution in [0.15, 0.2) is 4.42 Å². The minimum Gasteiger partial charge on any atom is -0.435 e. The van der Waals surface area contributed by atoms with Gasteiger partial charge in [0, 0.05) is 33.2 Å². The first kappa shape index (κ1) is 16.0. The molecule has 2 rings (SSSR count). The van der Waals surface area contributed by atoms with Crippen LogP contribution < -0.4 is 0 Å². The molecule has 0 bridgehead atoms. The van der Waals surface area contributed by atoms with E-state index in [1.807, 2.05) is 18.7 Å². The zero-order valence-electron chi connectivity index (χ0n) is 13.4. The summed E-state index contributed by atoms with van der Waals surface area (Å²) >= 11 is 0. The summed E-state index contributed by atoms with van der Waals surface area (Å²) in [4.78, 5) is 18.8. The summed E-state index contributed by atoms with van der Waals surface area (Å²) in [6, 6.07) is 0. The number of ether oxygens (including phenoxy) is 1. The van der Waals surface area contributed by atoms with Crippen LogP contribution >= 0.6 is 0 Å². The largest absolute Gasteiger partial charge is 0.435 e. The molecule has 118 valence electrons. The van der Waals surface area contributed by atoms with Crippen molar-refractivity contribution >= 4 is 5.91 Å². The van der Waals surface area contributed by atoms with Crippen molar-refractivity contribution in [2.75, 3.05) is 26.8 Å². The molecule has 1 fully saturated rings. The van der Waals surface area contributed by atoms with Crippen molar-refractivity contribution in [1.82, 2.24) is 9.88 Å². The molecule has 1 atom stereocenters. The van der Waals surface area contributed by atoms with E-state index in [-0.39, 0.29) is 5.91 Å². The molecule has 1 aromatic rings. The van der Waals surface area contributed by atoms with Crippen molar-refractivity contribution in [3.8, 4) is 0 Å². The number of rotatable bonds is 6. The van der Waals surface area contributed by atoms with Gasteiger partial charge in [-0.3, -0.25) is 4.79 Å². The zero-order chi connectivity index (χ0) is 15.2. The van der Waals surface area contributed by atoms with Crippen LogP contribution in [-0.2, 0) is 11.2 Å². The number of oxazole rings is 1. The van der Waals surface area contributed by atoms with Gasteiger partial charge in [-0.25, -0.2) is 4.98 Å². The lowest BCUT2D eigenvalue weighted by Gasteiger charge is -2.32. The Bertz CT molecular complexity index is 470. The number of carbonyl (C=O) groups is 1. The monoisotopic (exact) mass is 294 g/mol. The summed E-state index contributed by atoms with van der Waals surface area (Å²) in [5.41, 5.74) is 0.707. The van der Waals surface area contributed by atoms with Crippen molar-refractivity contribution in [3.63, 3.8) is 0 Å². The van der Waals surface area contributed by atoms with Crippen LogP contribution in [0.2, 0.25) is 0 Å². The Labute approximate surface area is 126 Å². The van der Waals surface area contributed by atoms with Gasteiger partial charge in [0.2, 0.25) is 5.76 Å². The lowest BCUT2D eigenvalue weighted by Crippen LogP contribution is -2.40. The minimum atomic E-state index is -0.00357. The van der Waals surface area contributed by atoms with E-state index >= 15 is 0 Å². The third-order valence-corrected chi connectivity index (χ3v) is 4.10. The van der Waals surface area contributed by atoms with Crippen LogP contribution in [0, 0.1) is 12.8 Å². The van der Waals surface area contributed by atoms with E-state index in [0.717, 1.165) is 39.0 Å². The van der Waals surface area contributed by atoms with Gasteiger partial charge in [-0.2, -0.15) is 0 Å². The standard InChI is InChI=1S/C16H26N2O3/c1-4-14-17-12(2)15(21-14)16(19)18-9-5-7-13(11-18)8-6-10-20-3/h13H,4-11H2,1-3H3. The topological polar surface area (TPSA) is 55.6 Å². The number of aromatic nitrogens is 1. The molecule has 1 unspecified atom stereocenters. The molecule has 0 N–H and O–H groups in total. The Morgan fingerprint density at radius 2 is 2.33 bits per heavy atom. The van der Waals surface area contributed by atoms with E-state index in [0.29, 0.717) is 29.7 Å². The number of carbonyl (C=O) groups excluding carboxylic acids is 1. The average Bonchev–Trinajstić information content (AvgIpc) is 2.88. The summed E-state index contributed by atoms with van der Waals surface area (Å²) < 4.78 is 10.7. The van der Waals surface area contributed by atoms with Gasteiger partial charge in [-0.05, 0) is 38.5 Å². The fourth-order valence-electron chi connectivity index (χ4n) is 2.95. The smallest absolute Gasteiger partial charge is 0.291 e. The third kappa shape index (κ3) is 4.06. The number of hydrogen-bond donors (Lipinski definition) is 0. The van der Waals surface area contributed by atoms with Gasteiger partial charge in [0.05, 0.1) is 5.69 Å². The summed E-state index contributed by atoms with van der Waals surface area (Å²) in [5.74, 6) is 1.64. The summed E-state index contributed by atoms with van der Waals surface area (Å²) in [6.45, 7) is 6.26. The fourth-order valence-corrected chi connectivity index (χ4v) is 2.95. The molecular formula is C16H26N2O3. The Morgan fingerprint density at radius 3 is 3.00 bits per heavy atom. The molecule has 0 radical (unpaired) electrons. The van der Waals surface area contributed by atoms with Crippen molar-refractivity contribution in [2.45, 2.75) is 46.0 Å². The van der Waals surface area contributed by atoms with Crippen molar-refractivity contribution in [3.05, 3.63) is 17.3 Å². The molecule has 1 aliphatic rings. The molecule has 0 saturated carbocycles. The molecule has 1 saturated heterocycles. The van der Waals surface area contributed by atoms with Crippen molar-refractivity contribution in [1.29, 1.82) is 0 Å². The van der Waals surface area contributed by atoms with Gasteiger partial charge >= 0.3 is 0 Å². The highest BCUT2D eigenvalue weighted by Crippen LogP contribution is 2.23. The predicted molar refractivity (Wildman–Crippen MR) is 80.4 cm³/mol. The van der Waals surface area contributed by atoms with E-state index in [1.54, 1.807) is 7.11 Å². The number of aryl methyl sites for hydroxylation is 2. The second-order valence-corrected chi connectivity index (χ2v) is 5.77. The molecule has 1 aliphatic heterocycles. The quantitative estimate of drug-likeness (QED) is 0.757. The predicted octanol–water partition coefficient (Wildman–Crippen LogP) is 2.82.